The van der Waals surface area contributed by atoms with Crippen LogP contribution in [0.15, 0.2) is 30.3 Å². The van der Waals surface area contributed by atoms with E-state index in [1.54, 1.807) is 7.05 Å². The number of rotatable bonds is 5. The van der Waals surface area contributed by atoms with Crippen LogP contribution in [0, 0.1) is 0 Å². The Hall–Kier alpha value is -1.88. The number of carboxylic acids is 1. The summed E-state index contributed by atoms with van der Waals surface area (Å²) in [5, 5.41) is 12.2. The second-order valence-electron chi connectivity index (χ2n) is 5.06. The number of likely N-dealkylation sites (tertiary alicyclic amines) is 1. The highest BCUT2D eigenvalue weighted by Crippen LogP contribution is 2.19. The third-order valence-electron chi connectivity index (χ3n) is 3.75. The molecule has 0 aliphatic carbocycles. The van der Waals surface area contributed by atoms with E-state index in [0.29, 0.717) is 19.4 Å². The van der Waals surface area contributed by atoms with Gasteiger partial charge in [0.15, 0.2) is 0 Å². The zero-order valence-corrected chi connectivity index (χ0v) is 11.6. The molecule has 2 rings (SSSR count). The average Bonchev–Trinajstić information content (AvgIpc) is 2.94. The highest BCUT2D eigenvalue weighted by molar-refractivity contribution is 5.87. The van der Waals surface area contributed by atoms with Crippen molar-refractivity contribution in [2.75, 3.05) is 13.6 Å². The lowest BCUT2D eigenvalue weighted by Gasteiger charge is -2.26. The van der Waals surface area contributed by atoms with Gasteiger partial charge < -0.3 is 15.3 Å². The Balaban J connectivity index is 2.07. The van der Waals surface area contributed by atoms with E-state index in [9.17, 15) is 9.59 Å². The highest BCUT2D eigenvalue weighted by Gasteiger charge is 2.36. The molecule has 0 unspecified atom stereocenters. The first kappa shape index (κ1) is 14.5. The molecule has 2 atom stereocenters. The van der Waals surface area contributed by atoms with E-state index in [1.165, 1.54) is 4.90 Å². The molecule has 0 radical (unpaired) electrons. The Bertz CT molecular complexity index is 475. The van der Waals surface area contributed by atoms with Crippen LogP contribution >= 0.6 is 0 Å². The van der Waals surface area contributed by atoms with Crippen molar-refractivity contribution in [3.63, 3.8) is 0 Å². The van der Waals surface area contributed by atoms with Crippen LogP contribution in [0.1, 0.15) is 18.4 Å². The summed E-state index contributed by atoms with van der Waals surface area (Å²) < 4.78 is 0. The van der Waals surface area contributed by atoms with Gasteiger partial charge in [-0.25, -0.2) is 4.79 Å². The minimum atomic E-state index is -0.912. The average molecular weight is 276 g/mol. The summed E-state index contributed by atoms with van der Waals surface area (Å²) in [6.45, 7) is 0.531. The van der Waals surface area contributed by atoms with Crippen molar-refractivity contribution in [1.29, 1.82) is 0 Å². The van der Waals surface area contributed by atoms with E-state index in [0.717, 1.165) is 12.0 Å². The Kier molecular flexibility index (Phi) is 4.74. The normalized spacial score (nSPS) is 19.9. The maximum atomic E-state index is 12.5. The lowest BCUT2D eigenvalue weighted by Crippen LogP contribution is -2.50. The molecule has 0 bridgehead atoms. The second-order valence-corrected chi connectivity index (χ2v) is 5.06. The summed E-state index contributed by atoms with van der Waals surface area (Å²) in [6.07, 6.45) is 1.87. The number of carboxylic acid groups (broad SMARTS) is 1. The fraction of sp³-hybridized carbons (Fsp3) is 0.467. The maximum absolute atomic E-state index is 12.5. The lowest BCUT2D eigenvalue weighted by molar-refractivity contribution is -0.149. The van der Waals surface area contributed by atoms with Crippen molar-refractivity contribution in [2.45, 2.75) is 31.3 Å². The van der Waals surface area contributed by atoms with Gasteiger partial charge in [0.1, 0.15) is 6.04 Å². The monoisotopic (exact) mass is 276 g/mol. The van der Waals surface area contributed by atoms with Gasteiger partial charge >= 0.3 is 5.97 Å². The molecule has 1 aliphatic rings. The van der Waals surface area contributed by atoms with E-state index >= 15 is 0 Å². The molecular weight excluding hydrogens is 256 g/mol. The van der Waals surface area contributed by atoms with Crippen LogP contribution in [0.3, 0.4) is 0 Å². The number of hydrogen-bond acceptors (Lipinski definition) is 3. The van der Waals surface area contributed by atoms with Crippen molar-refractivity contribution < 1.29 is 14.7 Å². The topological polar surface area (TPSA) is 69.6 Å². The van der Waals surface area contributed by atoms with Gasteiger partial charge in [-0.1, -0.05) is 30.3 Å². The van der Waals surface area contributed by atoms with E-state index in [-0.39, 0.29) is 11.9 Å². The number of carbonyl (C=O) groups excluding carboxylic acids is 1. The number of benzene rings is 1. The van der Waals surface area contributed by atoms with Gasteiger partial charge in [-0.05, 0) is 31.9 Å². The number of hydrogen-bond donors (Lipinski definition) is 2. The van der Waals surface area contributed by atoms with E-state index < -0.39 is 12.0 Å². The van der Waals surface area contributed by atoms with Crippen molar-refractivity contribution in [2.24, 2.45) is 0 Å². The van der Waals surface area contributed by atoms with Gasteiger partial charge in [0.2, 0.25) is 5.91 Å². The van der Waals surface area contributed by atoms with Crippen LogP contribution < -0.4 is 5.32 Å². The minimum absolute atomic E-state index is 0.124. The molecule has 0 spiro atoms. The number of carbonyl (C=O) groups is 2. The fourth-order valence-electron chi connectivity index (χ4n) is 2.65. The maximum Gasteiger partial charge on any atom is 0.326 e. The van der Waals surface area contributed by atoms with Crippen LogP contribution in [0.2, 0.25) is 0 Å². The zero-order valence-electron chi connectivity index (χ0n) is 11.6. The van der Waals surface area contributed by atoms with Gasteiger partial charge in [0, 0.05) is 6.54 Å². The molecule has 108 valence electrons. The molecule has 5 nitrogen and oxygen atoms in total. The van der Waals surface area contributed by atoms with Crippen LogP contribution in [-0.2, 0) is 16.0 Å². The SMILES string of the molecule is CN[C@H](Cc1ccccc1)C(=O)N1CCC[C@H]1C(=O)O. The van der Waals surface area contributed by atoms with Gasteiger partial charge in [0.25, 0.3) is 0 Å². The van der Waals surface area contributed by atoms with Crippen LogP contribution in [0.25, 0.3) is 0 Å². The van der Waals surface area contributed by atoms with E-state index in [1.807, 2.05) is 30.3 Å². The third kappa shape index (κ3) is 3.17. The van der Waals surface area contributed by atoms with E-state index in [2.05, 4.69) is 5.32 Å². The standard InChI is InChI=1S/C15H20N2O3/c1-16-12(10-11-6-3-2-4-7-11)14(18)17-9-5-8-13(17)15(19)20/h2-4,6-7,12-13,16H,5,8-10H2,1H3,(H,19,20)/t12-,13+/m1/s1. The zero-order chi connectivity index (χ0) is 14.5. The van der Waals surface area contributed by atoms with Crippen molar-refractivity contribution >= 4 is 11.9 Å². The molecule has 1 saturated heterocycles. The highest BCUT2D eigenvalue weighted by atomic mass is 16.4. The minimum Gasteiger partial charge on any atom is -0.480 e. The quantitative estimate of drug-likeness (QED) is 0.838. The molecule has 0 aromatic heterocycles. The first-order valence-corrected chi connectivity index (χ1v) is 6.88. The van der Waals surface area contributed by atoms with Crippen LogP contribution in [-0.4, -0.2) is 47.6 Å². The number of likely N-dealkylation sites (N-methyl/N-ethyl adjacent to an activating group) is 1. The molecule has 1 amide bonds. The van der Waals surface area contributed by atoms with Gasteiger partial charge in [-0.15, -0.1) is 0 Å². The first-order valence-electron chi connectivity index (χ1n) is 6.88. The van der Waals surface area contributed by atoms with Crippen LogP contribution in [0.5, 0.6) is 0 Å². The summed E-state index contributed by atoms with van der Waals surface area (Å²) in [6, 6.07) is 8.68. The van der Waals surface area contributed by atoms with Gasteiger partial charge in [0.05, 0.1) is 6.04 Å². The molecule has 2 N–H and O–H groups in total. The van der Waals surface area contributed by atoms with Crippen molar-refractivity contribution in [3.8, 4) is 0 Å². The summed E-state index contributed by atoms with van der Waals surface area (Å²) in [5.74, 6) is -1.04. The molecule has 1 aliphatic heterocycles. The summed E-state index contributed by atoms with van der Waals surface area (Å²) in [5.41, 5.74) is 1.06. The van der Waals surface area contributed by atoms with Crippen molar-refractivity contribution in [1.82, 2.24) is 10.2 Å². The molecule has 20 heavy (non-hydrogen) atoms. The number of nitrogens with zero attached hydrogens (tertiary/aromatic N) is 1. The van der Waals surface area contributed by atoms with E-state index in [4.69, 9.17) is 5.11 Å². The first-order chi connectivity index (χ1) is 9.63. The fourth-order valence-corrected chi connectivity index (χ4v) is 2.65. The Labute approximate surface area is 118 Å². The Morgan fingerprint density at radius 2 is 2.10 bits per heavy atom. The molecule has 1 aromatic carbocycles. The molecule has 1 fully saturated rings. The van der Waals surface area contributed by atoms with Gasteiger partial charge in [-0.2, -0.15) is 0 Å². The third-order valence-corrected chi connectivity index (χ3v) is 3.75. The molecule has 1 aromatic rings. The molecule has 5 heteroatoms. The summed E-state index contributed by atoms with van der Waals surface area (Å²) in [4.78, 5) is 25.2. The summed E-state index contributed by atoms with van der Waals surface area (Å²) in [7, 11) is 1.73. The predicted molar refractivity (Wildman–Crippen MR) is 75.4 cm³/mol. The molecule has 1 heterocycles. The smallest absolute Gasteiger partial charge is 0.326 e. The molecule has 0 saturated carbocycles. The Morgan fingerprint density at radius 3 is 2.70 bits per heavy atom. The lowest BCUT2D eigenvalue weighted by atomic mass is 10.0. The second kappa shape index (κ2) is 6.52. The number of amides is 1. The van der Waals surface area contributed by atoms with Crippen molar-refractivity contribution in [3.05, 3.63) is 35.9 Å². The summed E-state index contributed by atoms with van der Waals surface area (Å²) >= 11 is 0. The largest absolute Gasteiger partial charge is 0.480 e. The number of aliphatic carboxylic acids is 1. The molecular formula is C15H20N2O3. The van der Waals surface area contributed by atoms with Gasteiger partial charge in [-0.3, -0.25) is 4.79 Å². The predicted octanol–water partition coefficient (Wildman–Crippen LogP) is 0.893. The number of nitrogens with one attached hydrogen (secondary N) is 1. The van der Waals surface area contributed by atoms with Crippen LogP contribution in [0.4, 0.5) is 0 Å². The Morgan fingerprint density at radius 1 is 1.40 bits per heavy atom.